The lowest BCUT2D eigenvalue weighted by Gasteiger charge is -2.31. The summed E-state index contributed by atoms with van der Waals surface area (Å²) < 4.78 is 28.6. The predicted molar refractivity (Wildman–Crippen MR) is 91.2 cm³/mol. The molecule has 21 heavy (non-hydrogen) atoms. The van der Waals surface area contributed by atoms with Gasteiger partial charge in [-0.1, -0.05) is 28.8 Å². The topological polar surface area (TPSA) is 72.2 Å². The number of aryl methyl sites for hydroxylation is 1. The van der Waals surface area contributed by atoms with E-state index in [-0.39, 0.29) is 24.4 Å². The Labute approximate surface area is 141 Å². The SMILES string of the molecule is Cc1cc(Br)cc(S(=O)(=O)NC2CCCCC2CN)c1.Cl. The van der Waals surface area contributed by atoms with Gasteiger partial charge in [-0.25, -0.2) is 13.1 Å². The molecule has 1 aliphatic rings. The van der Waals surface area contributed by atoms with Crippen LogP contribution in [0.2, 0.25) is 0 Å². The fourth-order valence-electron chi connectivity index (χ4n) is 2.77. The van der Waals surface area contributed by atoms with Gasteiger partial charge in [0.1, 0.15) is 0 Å². The molecule has 4 nitrogen and oxygen atoms in total. The number of sulfonamides is 1. The smallest absolute Gasteiger partial charge is 0.240 e. The van der Waals surface area contributed by atoms with Gasteiger partial charge in [-0.15, -0.1) is 12.4 Å². The molecule has 2 atom stereocenters. The Morgan fingerprint density at radius 3 is 2.57 bits per heavy atom. The van der Waals surface area contributed by atoms with Gasteiger partial charge < -0.3 is 5.73 Å². The Hall–Kier alpha value is -0.140. The van der Waals surface area contributed by atoms with Crippen molar-refractivity contribution >= 4 is 38.4 Å². The first-order valence-electron chi connectivity index (χ1n) is 6.92. The lowest BCUT2D eigenvalue weighted by atomic mass is 9.85. The first-order valence-corrected chi connectivity index (χ1v) is 9.19. The largest absolute Gasteiger partial charge is 0.330 e. The molecule has 1 aromatic rings. The van der Waals surface area contributed by atoms with Crippen LogP contribution >= 0.6 is 28.3 Å². The third-order valence-corrected chi connectivity index (χ3v) is 5.77. The van der Waals surface area contributed by atoms with Gasteiger partial charge in [0.05, 0.1) is 4.90 Å². The van der Waals surface area contributed by atoms with Crippen LogP contribution in [0.4, 0.5) is 0 Å². The number of nitrogens with one attached hydrogen (secondary N) is 1. The average molecular weight is 398 g/mol. The molecule has 1 aromatic carbocycles. The highest BCUT2D eigenvalue weighted by atomic mass is 79.9. The molecule has 0 bridgehead atoms. The molecule has 0 saturated heterocycles. The van der Waals surface area contributed by atoms with Gasteiger partial charge in [0.25, 0.3) is 0 Å². The zero-order valence-corrected chi connectivity index (χ0v) is 15.2. The fourth-order valence-corrected chi connectivity index (χ4v) is 5.00. The van der Waals surface area contributed by atoms with Crippen molar-refractivity contribution in [3.8, 4) is 0 Å². The van der Waals surface area contributed by atoms with E-state index in [0.717, 1.165) is 35.7 Å². The normalized spacial score (nSPS) is 22.6. The molecular formula is C14H22BrClN2O2S. The van der Waals surface area contributed by atoms with Gasteiger partial charge in [-0.2, -0.15) is 0 Å². The van der Waals surface area contributed by atoms with Crippen molar-refractivity contribution < 1.29 is 8.42 Å². The summed E-state index contributed by atoms with van der Waals surface area (Å²) in [5.74, 6) is 0.242. The molecule has 0 aromatic heterocycles. The maximum Gasteiger partial charge on any atom is 0.240 e. The molecule has 1 fully saturated rings. The molecule has 0 amide bonds. The van der Waals surface area contributed by atoms with E-state index >= 15 is 0 Å². The van der Waals surface area contributed by atoms with Crippen LogP contribution in [0.25, 0.3) is 0 Å². The van der Waals surface area contributed by atoms with Crippen LogP contribution in [0.1, 0.15) is 31.2 Å². The Balaban J connectivity index is 0.00000220. The minimum Gasteiger partial charge on any atom is -0.330 e. The highest BCUT2D eigenvalue weighted by Crippen LogP contribution is 2.26. The summed E-state index contributed by atoms with van der Waals surface area (Å²) in [4.78, 5) is 0.311. The third kappa shape index (κ3) is 4.93. The van der Waals surface area contributed by atoms with Crippen LogP contribution in [0, 0.1) is 12.8 Å². The van der Waals surface area contributed by atoms with E-state index in [4.69, 9.17) is 5.73 Å². The Kier molecular flexibility index (Phi) is 7.13. The molecule has 120 valence electrons. The van der Waals surface area contributed by atoms with Gasteiger partial charge in [-0.05, 0) is 56.0 Å². The van der Waals surface area contributed by atoms with E-state index in [1.165, 1.54) is 0 Å². The van der Waals surface area contributed by atoms with Crippen molar-refractivity contribution in [3.05, 3.63) is 28.2 Å². The van der Waals surface area contributed by atoms with Crippen LogP contribution in [0.3, 0.4) is 0 Å². The van der Waals surface area contributed by atoms with E-state index in [0.29, 0.717) is 11.4 Å². The van der Waals surface area contributed by atoms with Gasteiger partial charge in [0.2, 0.25) is 10.0 Å². The Morgan fingerprint density at radius 2 is 1.95 bits per heavy atom. The van der Waals surface area contributed by atoms with Crippen LogP contribution in [0.5, 0.6) is 0 Å². The Morgan fingerprint density at radius 1 is 1.29 bits per heavy atom. The molecule has 0 aliphatic heterocycles. The third-order valence-electron chi connectivity index (χ3n) is 3.84. The minimum absolute atomic E-state index is 0. The second-order valence-corrected chi connectivity index (χ2v) is 8.10. The molecule has 2 rings (SSSR count). The predicted octanol–water partition coefficient (Wildman–Crippen LogP) is 2.98. The highest BCUT2D eigenvalue weighted by Gasteiger charge is 2.28. The van der Waals surface area contributed by atoms with Crippen molar-refractivity contribution in [3.63, 3.8) is 0 Å². The lowest BCUT2D eigenvalue weighted by Crippen LogP contribution is -2.44. The summed E-state index contributed by atoms with van der Waals surface area (Å²) in [5.41, 5.74) is 6.67. The summed E-state index contributed by atoms with van der Waals surface area (Å²) >= 11 is 3.34. The van der Waals surface area contributed by atoms with Crippen LogP contribution in [-0.2, 0) is 10.0 Å². The zero-order chi connectivity index (χ0) is 14.8. The van der Waals surface area contributed by atoms with Crippen LogP contribution < -0.4 is 10.5 Å². The number of hydrogen-bond donors (Lipinski definition) is 2. The van der Waals surface area contributed by atoms with Crippen LogP contribution in [-0.4, -0.2) is 21.0 Å². The van der Waals surface area contributed by atoms with Crippen molar-refractivity contribution in [2.45, 2.75) is 43.5 Å². The molecular weight excluding hydrogens is 376 g/mol. The van der Waals surface area contributed by atoms with Crippen molar-refractivity contribution in [2.24, 2.45) is 11.7 Å². The fraction of sp³-hybridized carbons (Fsp3) is 0.571. The lowest BCUT2D eigenvalue weighted by molar-refractivity contribution is 0.296. The second kappa shape index (κ2) is 7.92. The van der Waals surface area contributed by atoms with Crippen molar-refractivity contribution in [1.82, 2.24) is 4.72 Å². The van der Waals surface area contributed by atoms with Gasteiger partial charge in [0, 0.05) is 10.5 Å². The number of benzene rings is 1. The van der Waals surface area contributed by atoms with E-state index in [1.54, 1.807) is 12.1 Å². The molecule has 7 heteroatoms. The molecule has 0 spiro atoms. The molecule has 3 N–H and O–H groups in total. The standard InChI is InChI=1S/C14H21BrN2O2S.ClH/c1-10-6-12(15)8-13(7-10)20(18,19)17-14-5-3-2-4-11(14)9-16;/h6-8,11,14,17H,2-5,9,16H2,1H3;1H. The first-order chi connectivity index (χ1) is 9.42. The number of halogens is 2. The van der Waals surface area contributed by atoms with Crippen LogP contribution in [0.15, 0.2) is 27.6 Å². The number of hydrogen-bond acceptors (Lipinski definition) is 3. The maximum atomic E-state index is 12.5. The van der Waals surface area contributed by atoms with Crippen molar-refractivity contribution in [2.75, 3.05) is 6.54 Å². The quantitative estimate of drug-likeness (QED) is 0.820. The summed E-state index contributed by atoms with van der Waals surface area (Å²) in [6, 6.07) is 5.17. The van der Waals surface area contributed by atoms with Gasteiger partial charge in [-0.3, -0.25) is 0 Å². The van der Waals surface area contributed by atoms with E-state index < -0.39 is 10.0 Å². The second-order valence-electron chi connectivity index (χ2n) is 5.47. The zero-order valence-electron chi connectivity index (χ0n) is 12.0. The van der Waals surface area contributed by atoms with E-state index in [9.17, 15) is 8.42 Å². The number of nitrogens with two attached hydrogens (primary N) is 1. The summed E-state index contributed by atoms with van der Waals surface area (Å²) in [6.45, 7) is 2.41. The molecule has 2 unspecified atom stereocenters. The maximum absolute atomic E-state index is 12.5. The monoisotopic (exact) mass is 396 g/mol. The van der Waals surface area contributed by atoms with E-state index in [2.05, 4.69) is 20.7 Å². The summed E-state index contributed by atoms with van der Waals surface area (Å²) in [7, 11) is -3.48. The first kappa shape index (κ1) is 18.9. The highest BCUT2D eigenvalue weighted by molar-refractivity contribution is 9.10. The van der Waals surface area contributed by atoms with Crippen molar-refractivity contribution in [1.29, 1.82) is 0 Å². The average Bonchev–Trinajstić information content (AvgIpc) is 2.38. The minimum atomic E-state index is -3.48. The van der Waals surface area contributed by atoms with Gasteiger partial charge in [0.15, 0.2) is 0 Å². The molecule has 0 radical (unpaired) electrons. The van der Waals surface area contributed by atoms with E-state index in [1.807, 2.05) is 13.0 Å². The number of rotatable bonds is 4. The summed E-state index contributed by atoms with van der Waals surface area (Å²) in [5, 5.41) is 0. The molecule has 0 heterocycles. The molecule has 1 aliphatic carbocycles. The Bertz CT molecular complexity index is 560. The summed E-state index contributed by atoms with van der Waals surface area (Å²) in [6.07, 6.45) is 4.06. The van der Waals surface area contributed by atoms with Gasteiger partial charge >= 0.3 is 0 Å². The molecule has 1 saturated carbocycles.